The van der Waals surface area contributed by atoms with Crippen molar-refractivity contribution in [2.45, 2.75) is 17.4 Å². The fourth-order valence-electron chi connectivity index (χ4n) is 2.83. The Labute approximate surface area is 146 Å². The quantitative estimate of drug-likeness (QED) is 0.795. The Kier molecular flexibility index (Phi) is 3.72. The van der Waals surface area contributed by atoms with E-state index in [0.717, 1.165) is 21.7 Å². The number of ether oxygens (including phenoxy) is 1. The van der Waals surface area contributed by atoms with Gasteiger partial charge in [0.2, 0.25) is 5.96 Å². The molecule has 2 unspecified atom stereocenters. The second-order valence-corrected chi connectivity index (χ2v) is 8.06. The highest BCUT2D eigenvalue weighted by atomic mass is 35.5. The van der Waals surface area contributed by atoms with Crippen molar-refractivity contribution in [1.82, 2.24) is 19.6 Å². The molecule has 4 rings (SSSR count). The van der Waals surface area contributed by atoms with Crippen LogP contribution in [-0.4, -0.2) is 39.3 Å². The van der Waals surface area contributed by atoms with Gasteiger partial charge in [-0.1, -0.05) is 11.6 Å². The van der Waals surface area contributed by atoms with Crippen molar-refractivity contribution in [2.24, 2.45) is 0 Å². The molecule has 0 aliphatic carbocycles. The molecule has 0 saturated carbocycles. The van der Waals surface area contributed by atoms with Gasteiger partial charge in [-0.3, -0.25) is 9.71 Å². The Balaban J connectivity index is 1.78. The Hall–Kier alpha value is -1.35. The standard InChI is InChI=1S/C14H14ClN5OS2/c1-20-13(16)19-14(2-3-21-12(14)23-20)11-9(15)4-10(22-11)8-5-17-7-18-6-8/h4-7,12H,2-3H2,1H3,(H2,16,19). The number of rotatable bonds is 2. The Morgan fingerprint density at radius 1 is 1.48 bits per heavy atom. The molecule has 23 heavy (non-hydrogen) atoms. The van der Waals surface area contributed by atoms with E-state index >= 15 is 0 Å². The summed E-state index contributed by atoms with van der Waals surface area (Å²) in [5.74, 6) is 0.366. The molecule has 2 aliphatic heterocycles. The lowest BCUT2D eigenvalue weighted by Gasteiger charge is -2.42. The highest BCUT2D eigenvalue weighted by molar-refractivity contribution is 7.98. The lowest BCUT2D eigenvalue weighted by Crippen LogP contribution is -2.57. The molecule has 4 heterocycles. The Bertz CT molecular complexity index is 755. The van der Waals surface area contributed by atoms with E-state index in [0.29, 0.717) is 17.6 Å². The number of nitrogens with zero attached hydrogens (tertiary/aromatic N) is 3. The van der Waals surface area contributed by atoms with Crippen molar-refractivity contribution in [3.05, 3.63) is 34.7 Å². The predicted octanol–water partition coefficient (Wildman–Crippen LogP) is 2.92. The summed E-state index contributed by atoms with van der Waals surface area (Å²) in [6, 6.07) is 1.94. The van der Waals surface area contributed by atoms with Gasteiger partial charge in [0.25, 0.3) is 0 Å². The first-order chi connectivity index (χ1) is 11.1. The third-order valence-electron chi connectivity index (χ3n) is 4.02. The van der Waals surface area contributed by atoms with Crippen LogP contribution in [0.4, 0.5) is 0 Å². The largest absolute Gasteiger partial charge is 0.363 e. The number of halogens is 1. The second kappa shape index (κ2) is 5.62. The van der Waals surface area contributed by atoms with E-state index in [4.69, 9.17) is 21.7 Å². The maximum absolute atomic E-state index is 8.14. The predicted molar refractivity (Wildman–Crippen MR) is 92.6 cm³/mol. The minimum absolute atomic E-state index is 0.0994. The molecular weight excluding hydrogens is 354 g/mol. The maximum atomic E-state index is 8.14. The minimum atomic E-state index is -0.454. The van der Waals surface area contributed by atoms with Crippen LogP contribution >= 0.6 is 34.9 Å². The molecule has 2 atom stereocenters. The van der Waals surface area contributed by atoms with Gasteiger partial charge in [0.1, 0.15) is 11.9 Å². The van der Waals surface area contributed by atoms with Gasteiger partial charge in [0, 0.05) is 36.3 Å². The molecule has 2 N–H and O–H groups in total. The molecule has 9 heteroatoms. The second-order valence-electron chi connectivity index (χ2n) is 5.42. The minimum Gasteiger partial charge on any atom is -0.363 e. The molecule has 0 radical (unpaired) electrons. The summed E-state index contributed by atoms with van der Waals surface area (Å²) in [4.78, 5) is 10.2. The molecule has 2 aromatic rings. The number of thiophene rings is 1. The van der Waals surface area contributed by atoms with Crippen LogP contribution < -0.4 is 5.32 Å². The first-order valence-electron chi connectivity index (χ1n) is 7.04. The zero-order valence-corrected chi connectivity index (χ0v) is 14.6. The van der Waals surface area contributed by atoms with E-state index in [1.54, 1.807) is 28.0 Å². The van der Waals surface area contributed by atoms with Gasteiger partial charge in [0.05, 0.1) is 16.5 Å². The van der Waals surface area contributed by atoms with Crippen molar-refractivity contribution >= 4 is 40.8 Å². The summed E-state index contributed by atoms with van der Waals surface area (Å²) in [5.41, 5.74) is 0.384. The molecule has 6 nitrogen and oxygen atoms in total. The third kappa shape index (κ3) is 2.40. The highest BCUT2D eigenvalue weighted by Crippen LogP contribution is 2.51. The molecule has 0 spiro atoms. The van der Waals surface area contributed by atoms with Crippen LogP contribution in [0, 0.1) is 5.41 Å². The van der Waals surface area contributed by atoms with Crippen LogP contribution in [0.5, 0.6) is 0 Å². The number of guanidine groups is 1. The average Bonchev–Trinajstić information content (AvgIpc) is 3.13. The van der Waals surface area contributed by atoms with E-state index in [-0.39, 0.29) is 5.44 Å². The number of fused-ring (bicyclic) bond motifs is 1. The van der Waals surface area contributed by atoms with Crippen molar-refractivity contribution in [1.29, 1.82) is 5.41 Å². The van der Waals surface area contributed by atoms with Gasteiger partial charge in [-0.05, 0) is 18.0 Å². The monoisotopic (exact) mass is 367 g/mol. The summed E-state index contributed by atoms with van der Waals surface area (Å²) < 4.78 is 7.67. The van der Waals surface area contributed by atoms with Gasteiger partial charge < -0.3 is 10.1 Å². The first-order valence-corrected chi connectivity index (χ1v) is 9.07. The normalized spacial score (nSPS) is 27.0. The average molecular weight is 368 g/mol. The van der Waals surface area contributed by atoms with Crippen LogP contribution in [0.1, 0.15) is 11.3 Å². The summed E-state index contributed by atoms with van der Waals surface area (Å²) in [7, 11) is 1.86. The van der Waals surface area contributed by atoms with Crippen molar-refractivity contribution in [3.8, 4) is 10.4 Å². The zero-order chi connectivity index (χ0) is 16.0. The highest BCUT2D eigenvalue weighted by Gasteiger charge is 2.52. The molecule has 0 amide bonds. The number of hydrogen-bond donors (Lipinski definition) is 2. The summed E-state index contributed by atoms with van der Waals surface area (Å²) in [6.45, 7) is 0.643. The fraction of sp³-hybridized carbons (Fsp3) is 0.357. The van der Waals surface area contributed by atoms with Crippen LogP contribution in [-0.2, 0) is 10.3 Å². The smallest absolute Gasteiger partial charge is 0.201 e. The van der Waals surface area contributed by atoms with Crippen molar-refractivity contribution in [2.75, 3.05) is 13.7 Å². The molecule has 2 saturated heterocycles. The molecular formula is C14H14ClN5OS2. The number of aromatic nitrogens is 2. The van der Waals surface area contributed by atoms with E-state index < -0.39 is 5.54 Å². The summed E-state index contributed by atoms with van der Waals surface area (Å²) in [6.07, 6.45) is 5.84. The summed E-state index contributed by atoms with van der Waals surface area (Å²) >= 11 is 9.68. The van der Waals surface area contributed by atoms with Gasteiger partial charge in [-0.15, -0.1) is 11.3 Å². The zero-order valence-electron chi connectivity index (χ0n) is 12.2. The van der Waals surface area contributed by atoms with Gasteiger partial charge in [0.15, 0.2) is 5.44 Å². The number of hydrogen-bond acceptors (Lipinski definition) is 6. The van der Waals surface area contributed by atoms with Gasteiger partial charge in [-0.25, -0.2) is 9.97 Å². The lowest BCUT2D eigenvalue weighted by molar-refractivity contribution is 0.138. The topological polar surface area (TPSA) is 74.1 Å². The van der Waals surface area contributed by atoms with Crippen LogP contribution in [0.2, 0.25) is 5.02 Å². The van der Waals surface area contributed by atoms with E-state index in [1.807, 2.05) is 13.1 Å². The van der Waals surface area contributed by atoms with Gasteiger partial charge in [-0.2, -0.15) is 0 Å². The van der Waals surface area contributed by atoms with E-state index in [2.05, 4.69) is 15.3 Å². The fourth-order valence-corrected chi connectivity index (χ4v) is 5.66. The molecule has 0 bridgehead atoms. The maximum Gasteiger partial charge on any atom is 0.201 e. The summed E-state index contributed by atoms with van der Waals surface area (Å²) in [5, 5.41) is 12.2. The molecule has 2 aliphatic rings. The number of nitrogens with one attached hydrogen (secondary N) is 2. The van der Waals surface area contributed by atoms with Crippen LogP contribution in [0.3, 0.4) is 0 Å². The van der Waals surface area contributed by atoms with Crippen LogP contribution in [0.25, 0.3) is 10.4 Å². The van der Waals surface area contributed by atoms with Crippen molar-refractivity contribution in [3.63, 3.8) is 0 Å². The van der Waals surface area contributed by atoms with E-state index in [9.17, 15) is 0 Å². The third-order valence-corrected chi connectivity index (χ3v) is 7.02. The molecule has 0 aromatic carbocycles. The molecule has 2 aromatic heterocycles. The van der Waals surface area contributed by atoms with Crippen molar-refractivity contribution < 1.29 is 4.74 Å². The van der Waals surface area contributed by atoms with Crippen LogP contribution in [0.15, 0.2) is 24.8 Å². The Morgan fingerprint density at radius 2 is 2.26 bits per heavy atom. The molecule has 120 valence electrons. The lowest BCUT2D eigenvalue weighted by atomic mass is 9.96. The van der Waals surface area contributed by atoms with Gasteiger partial charge >= 0.3 is 0 Å². The van der Waals surface area contributed by atoms with E-state index in [1.165, 1.54) is 18.3 Å². The molecule has 2 fully saturated rings. The SMILES string of the molecule is CN1SC2OCCC2(c2sc(-c3cncnc3)cc2Cl)NC1=N. The first kappa shape index (κ1) is 15.2. The Morgan fingerprint density at radius 3 is 3.04 bits per heavy atom.